The zero-order chi connectivity index (χ0) is 32.3. The van der Waals surface area contributed by atoms with Gasteiger partial charge in [-0.3, -0.25) is 0 Å². The fraction of sp³-hybridized carbons (Fsp3) is 0.136. The standard InChI is InChI=1S/C44H38N2Si/c1-44(2)39-26-33(20-22-37(39)38-23-21-36(27-40(38)44)47(3,4)5)32-16-11-17-35(25-32)43-45-41(30-13-7-6-8-14-30)28-42(46-43)34-19-18-29-12-9-10-15-31(29)24-34/h6-28H,1-5H3. The van der Waals surface area contributed by atoms with Crippen LogP contribution in [0, 0.1) is 0 Å². The molecule has 0 atom stereocenters. The largest absolute Gasteiger partial charge is 0.228 e. The molecule has 2 nitrogen and oxygen atoms in total. The second kappa shape index (κ2) is 11.0. The highest BCUT2D eigenvalue weighted by Gasteiger charge is 2.36. The smallest absolute Gasteiger partial charge is 0.160 e. The Bertz CT molecular complexity index is 2310. The first-order valence-electron chi connectivity index (χ1n) is 16.5. The van der Waals surface area contributed by atoms with Crippen molar-refractivity contribution in [2.75, 3.05) is 0 Å². The Morgan fingerprint density at radius 1 is 0.447 bits per heavy atom. The van der Waals surface area contributed by atoms with Crippen molar-refractivity contribution < 1.29 is 0 Å². The van der Waals surface area contributed by atoms with Gasteiger partial charge in [-0.25, -0.2) is 9.97 Å². The Morgan fingerprint density at radius 3 is 1.81 bits per heavy atom. The van der Waals surface area contributed by atoms with Crippen LogP contribution in [0.25, 0.3) is 66.9 Å². The van der Waals surface area contributed by atoms with Crippen molar-refractivity contribution >= 4 is 24.0 Å². The summed E-state index contributed by atoms with van der Waals surface area (Å²) in [7, 11) is -1.42. The van der Waals surface area contributed by atoms with E-state index >= 15 is 0 Å². The van der Waals surface area contributed by atoms with Crippen molar-refractivity contribution in [1.82, 2.24) is 9.97 Å². The number of aromatic nitrogens is 2. The normalized spacial score (nSPS) is 13.4. The lowest BCUT2D eigenvalue weighted by Gasteiger charge is -2.24. The molecule has 1 aliphatic rings. The third-order valence-corrected chi connectivity index (χ3v) is 11.9. The number of rotatable bonds is 5. The van der Waals surface area contributed by atoms with E-state index in [1.807, 2.05) is 6.07 Å². The van der Waals surface area contributed by atoms with Gasteiger partial charge < -0.3 is 0 Å². The van der Waals surface area contributed by atoms with Gasteiger partial charge >= 0.3 is 0 Å². The van der Waals surface area contributed by atoms with Gasteiger partial charge in [0.2, 0.25) is 0 Å². The Kier molecular flexibility index (Phi) is 6.85. The monoisotopic (exact) mass is 622 g/mol. The van der Waals surface area contributed by atoms with Gasteiger partial charge in [-0.2, -0.15) is 0 Å². The van der Waals surface area contributed by atoms with E-state index in [0.717, 1.165) is 33.9 Å². The summed E-state index contributed by atoms with van der Waals surface area (Å²) in [4.78, 5) is 10.3. The lowest BCUT2D eigenvalue weighted by Crippen LogP contribution is -2.38. The molecule has 1 aliphatic carbocycles. The molecule has 0 amide bonds. The van der Waals surface area contributed by atoms with Crippen molar-refractivity contribution in [3.8, 4) is 56.2 Å². The quantitative estimate of drug-likeness (QED) is 0.179. The Morgan fingerprint density at radius 2 is 1.04 bits per heavy atom. The van der Waals surface area contributed by atoms with Crippen LogP contribution in [0.15, 0.2) is 140 Å². The molecular weight excluding hydrogens is 585 g/mol. The van der Waals surface area contributed by atoms with Crippen LogP contribution in [0.3, 0.4) is 0 Å². The van der Waals surface area contributed by atoms with Crippen molar-refractivity contribution in [2.45, 2.75) is 38.9 Å². The van der Waals surface area contributed by atoms with E-state index in [9.17, 15) is 0 Å². The van der Waals surface area contributed by atoms with E-state index in [1.165, 1.54) is 49.3 Å². The minimum absolute atomic E-state index is 0.0597. The molecular formula is C44H38N2Si. The summed E-state index contributed by atoms with van der Waals surface area (Å²) in [5, 5.41) is 3.94. The minimum atomic E-state index is -1.42. The summed E-state index contributed by atoms with van der Waals surface area (Å²) >= 11 is 0. The minimum Gasteiger partial charge on any atom is -0.228 e. The highest BCUT2D eigenvalue weighted by atomic mass is 28.3. The molecule has 228 valence electrons. The predicted octanol–water partition coefficient (Wildman–Crippen LogP) is 11.1. The average Bonchev–Trinajstić information content (AvgIpc) is 3.33. The molecule has 0 spiro atoms. The lowest BCUT2D eigenvalue weighted by molar-refractivity contribution is 0.661. The highest BCUT2D eigenvalue weighted by Crippen LogP contribution is 2.49. The second-order valence-corrected chi connectivity index (χ2v) is 19.4. The first-order chi connectivity index (χ1) is 22.6. The summed E-state index contributed by atoms with van der Waals surface area (Å²) in [5.74, 6) is 0.726. The maximum atomic E-state index is 5.17. The second-order valence-electron chi connectivity index (χ2n) is 14.4. The maximum absolute atomic E-state index is 5.17. The van der Waals surface area contributed by atoms with Crippen LogP contribution in [0.2, 0.25) is 19.6 Å². The van der Waals surface area contributed by atoms with Gasteiger partial charge in [0.25, 0.3) is 0 Å². The molecule has 0 aliphatic heterocycles. The third-order valence-electron chi connectivity index (χ3n) is 9.84. The molecule has 7 aromatic rings. The van der Waals surface area contributed by atoms with Gasteiger partial charge in [0.1, 0.15) is 0 Å². The van der Waals surface area contributed by atoms with Gasteiger partial charge in [0.05, 0.1) is 19.5 Å². The average molecular weight is 623 g/mol. The lowest BCUT2D eigenvalue weighted by atomic mass is 9.81. The van der Waals surface area contributed by atoms with Crippen LogP contribution in [-0.4, -0.2) is 18.0 Å². The van der Waals surface area contributed by atoms with Crippen molar-refractivity contribution in [2.24, 2.45) is 0 Å². The molecule has 6 aromatic carbocycles. The molecule has 8 rings (SSSR count). The summed E-state index contributed by atoms with van der Waals surface area (Å²) in [6.45, 7) is 12.0. The van der Waals surface area contributed by atoms with E-state index in [4.69, 9.17) is 9.97 Å². The summed E-state index contributed by atoms with van der Waals surface area (Å²) in [6.07, 6.45) is 0. The van der Waals surface area contributed by atoms with Crippen molar-refractivity contribution in [3.05, 3.63) is 151 Å². The van der Waals surface area contributed by atoms with Crippen LogP contribution in [0.1, 0.15) is 25.0 Å². The molecule has 1 heterocycles. The third kappa shape index (κ3) is 5.21. The van der Waals surface area contributed by atoms with Gasteiger partial charge in [-0.15, -0.1) is 0 Å². The summed E-state index contributed by atoms with van der Waals surface area (Å²) in [5.41, 5.74) is 12.9. The molecule has 0 saturated carbocycles. The van der Waals surface area contributed by atoms with Gasteiger partial charge in [0.15, 0.2) is 5.82 Å². The fourth-order valence-corrected chi connectivity index (χ4v) is 8.21. The first-order valence-corrected chi connectivity index (χ1v) is 20.0. The molecule has 1 aromatic heterocycles. The van der Waals surface area contributed by atoms with E-state index in [0.29, 0.717) is 0 Å². The fourth-order valence-electron chi connectivity index (χ4n) is 7.05. The highest BCUT2D eigenvalue weighted by molar-refractivity contribution is 6.88. The first kappa shape index (κ1) is 29.3. The summed E-state index contributed by atoms with van der Waals surface area (Å²) < 4.78 is 0. The Balaban J connectivity index is 1.22. The van der Waals surface area contributed by atoms with Crippen LogP contribution in [0.4, 0.5) is 0 Å². The Hall–Kier alpha value is -5.12. The zero-order valence-electron chi connectivity index (χ0n) is 27.7. The number of hydrogen-bond acceptors (Lipinski definition) is 2. The maximum Gasteiger partial charge on any atom is 0.160 e. The molecule has 0 N–H and O–H groups in total. The van der Waals surface area contributed by atoms with Crippen LogP contribution < -0.4 is 5.19 Å². The number of hydrogen-bond donors (Lipinski definition) is 0. The van der Waals surface area contributed by atoms with E-state index in [-0.39, 0.29) is 5.41 Å². The van der Waals surface area contributed by atoms with Crippen LogP contribution in [-0.2, 0) is 5.41 Å². The number of benzene rings is 6. The number of fused-ring (bicyclic) bond motifs is 4. The predicted molar refractivity (Wildman–Crippen MR) is 202 cm³/mol. The Labute approximate surface area is 278 Å². The topological polar surface area (TPSA) is 25.8 Å². The molecule has 0 fully saturated rings. The summed E-state index contributed by atoms with van der Waals surface area (Å²) in [6, 6.07) is 50.5. The van der Waals surface area contributed by atoms with Crippen molar-refractivity contribution in [1.29, 1.82) is 0 Å². The van der Waals surface area contributed by atoms with Crippen LogP contribution >= 0.6 is 0 Å². The molecule has 0 radical (unpaired) electrons. The van der Waals surface area contributed by atoms with E-state index in [1.54, 1.807) is 0 Å². The molecule has 3 heteroatoms. The molecule has 0 saturated heterocycles. The number of nitrogens with zero attached hydrogens (tertiary/aromatic N) is 2. The van der Waals surface area contributed by atoms with Gasteiger partial charge in [0, 0.05) is 22.1 Å². The van der Waals surface area contributed by atoms with E-state index < -0.39 is 8.07 Å². The van der Waals surface area contributed by atoms with Gasteiger partial charge in [-0.1, -0.05) is 154 Å². The van der Waals surface area contributed by atoms with Crippen LogP contribution in [0.5, 0.6) is 0 Å². The SMILES string of the molecule is CC1(C)c2cc(-c3cccc(-c4nc(-c5ccccc5)cc(-c5ccc6ccccc6c5)n4)c3)ccc2-c2ccc([Si](C)(C)C)cc21. The zero-order valence-corrected chi connectivity index (χ0v) is 28.7. The van der Waals surface area contributed by atoms with Gasteiger partial charge in [-0.05, 0) is 68.4 Å². The molecule has 0 unspecified atom stereocenters. The van der Waals surface area contributed by atoms with Crippen molar-refractivity contribution in [3.63, 3.8) is 0 Å². The molecule has 0 bridgehead atoms. The molecule has 47 heavy (non-hydrogen) atoms. The van der Waals surface area contributed by atoms with E-state index in [2.05, 4.69) is 167 Å².